The summed E-state index contributed by atoms with van der Waals surface area (Å²) in [6.07, 6.45) is 2.70. The molecule has 0 aromatic rings. The molecule has 4 heteroatoms. The zero-order chi connectivity index (χ0) is 10.1. The van der Waals surface area contributed by atoms with Crippen molar-refractivity contribution in [3.05, 3.63) is 0 Å². The fraction of sp³-hybridized carbons (Fsp3) is 0.900. The summed E-state index contributed by atoms with van der Waals surface area (Å²) in [5.41, 5.74) is 5.57. The molecule has 0 radical (unpaired) electrons. The van der Waals surface area contributed by atoms with E-state index in [-0.39, 0.29) is 11.9 Å². The number of carbonyl (C=O) groups is 1. The van der Waals surface area contributed by atoms with E-state index in [0.717, 1.165) is 32.2 Å². The normalized spacial score (nSPS) is 26.3. The third-order valence-corrected chi connectivity index (χ3v) is 3.08. The van der Waals surface area contributed by atoms with Gasteiger partial charge in [0.2, 0.25) is 5.91 Å². The maximum absolute atomic E-state index is 11.6. The molecule has 2 fully saturated rings. The number of rotatable bonds is 2. The summed E-state index contributed by atoms with van der Waals surface area (Å²) in [7, 11) is 0. The Hall–Kier alpha value is -0.610. The Morgan fingerprint density at radius 2 is 1.86 bits per heavy atom. The molecule has 80 valence electrons. The van der Waals surface area contributed by atoms with Gasteiger partial charge >= 0.3 is 0 Å². The maximum Gasteiger partial charge on any atom is 0.239 e. The second-order valence-electron chi connectivity index (χ2n) is 4.38. The van der Waals surface area contributed by atoms with Crippen LogP contribution in [0.1, 0.15) is 19.8 Å². The van der Waals surface area contributed by atoms with Crippen LogP contribution in [0, 0.1) is 0 Å². The summed E-state index contributed by atoms with van der Waals surface area (Å²) in [5, 5.41) is 0. The van der Waals surface area contributed by atoms with E-state index >= 15 is 0 Å². The van der Waals surface area contributed by atoms with E-state index in [4.69, 9.17) is 5.73 Å². The lowest BCUT2D eigenvalue weighted by Crippen LogP contribution is -2.52. The largest absolute Gasteiger partial charge is 0.339 e. The summed E-state index contributed by atoms with van der Waals surface area (Å²) in [6.45, 7) is 5.54. The average Bonchev–Trinajstić information content (AvgIpc) is 3.00. The molecule has 14 heavy (non-hydrogen) atoms. The molecule has 4 nitrogen and oxygen atoms in total. The molecule has 1 unspecified atom stereocenters. The number of hydrogen-bond donors (Lipinski definition) is 1. The van der Waals surface area contributed by atoms with Gasteiger partial charge in [0, 0.05) is 32.2 Å². The Kier molecular flexibility index (Phi) is 2.74. The number of piperazine rings is 1. The van der Waals surface area contributed by atoms with Gasteiger partial charge < -0.3 is 10.6 Å². The van der Waals surface area contributed by atoms with Gasteiger partial charge in [0.05, 0.1) is 6.04 Å². The van der Waals surface area contributed by atoms with Crippen LogP contribution < -0.4 is 5.73 Å². The minimum atomic E-state index is -0.345. The van der Waals surface area contributed by atoms with Crippen molar-refractivity contribution in [2.75, 3.05) is 26.2 Å². The van der Waals surface area contributed by atoms with Crippen molar-refractivity contribution in [2.45, 2.75) is 31.8 Å². The van der Waals surface area contributed by atoms with Crippen LogP contribution in [0.25, 0.3) is 0 Å². The lowest BCUT2D eigenvalue weighted by atomic mass is 10.2. The minimum Gasteiger partial charge on any atom is -0.339 e. The van der Waals surface area contributed by atoms with Crippen molar-refractivity contribution in [1.29, 1.82) is 0 Å². The van der Waals surface area contributed by atoms with Gasteiger partial charge in [-0.2, -0.15) is 0 Å². The summed E-state index contributed by atoms with van der Waals surface area (Å²) in [6, 6.07) is 0.477. The van der Waals surface area contributed by atoms with Crippen molar-refractivity contribution in [2.24, 2.45) is 5.73 Å². The molecular weight excluding hydrogens is 178 g/mol. The van der Waals surface area contributed by atoms with E-state index < -0.39 is 0 Å². The van der Waals surface area contributed by atoms with Crippen LogP contribution in [-0.2, 0) is 4.79 Å². The second-order valence-corrected chi connectivity index (χ2v) is 4.38. The number of amides is 1. The monoisotopic (exact) mass is 197 g/mol. The van der Waals surface area contributed by atoms with Crippen LogP contribution >= 0.6 is 0 Å². The molecule has 1 saturated heterocycles. The Bertz CT molecular complexity index is 217. The van der Waals surface area contributed by atoms with Gasteiger partial charge in [-0.05, 0) is 19.8 Å². The SMILES string of the molecule is CC(N)C(=O)N1CCN(C2CC2)CC1. The van der Waals surface area contributed by atoms with Crippen molar-refractivity contribution < 1.29 is 4.79 Å². The van der Waals surface area contributed by atoms with Gasteiger partial charge in [0.25, 0.3) is 0 Å². The molecule has 1 saturated carbocycles. The molecule has 2 aliphatic rings. The quantitative estimate of drug-likeness (QED) is 0.657. The van der Waals surface area contributed by atoms with E-state index in [9.17, 15) is 4.79 Å². The fourth-order valence-electron chi connectivity index (χ4n) is 2.04. The van der Waals surface area contributed by atoms with Crippen LogP contribution in [0.3, 0.4) is 0 Å². The van der Waals surface area contributed by atoms with Gasteiger partial charge in [-0.15, -0.1) is 0 Å². The van der Waals surface area contributed by atoms with Crippen molar-refractivity contribution >= 4 is 5.91 Å². The number of nitrogens with zero attached hydrogens (tertiary/aromatic N) is 2. The third-order valence-electron chi connectivity index (χ3n) is 3.08. The molecule has 2 rings (SSSR count). The van der Waals surface area contributed by atoms with Gasteiger partial charge in [-0.3, -0.25) is 9.69 Å². The Morgan fingerprint density at radius 1 is 1.29 bits per heavy atom. The Balaban J connectivity index is 1.80. The molecule has 1 heterocycles. The first-order chi connectivity index (χ1) is 6.68. The lowest BCUT2D eigenvalue weighted by molar-refractivity contribution is -0.134. The minimum absolute atomic E-state index is 0.0976. The van der Waals surface area contributed by atoms with E-state index in [0.29, 0.717) is 0 Å². The molecule has 1 aliphatic carbocycles. The fourth-order valence-corrected chi connectivity index (χ4v) is 2.04. The van der Waals surface area contributed by atoms with Crippen molar-refractivity contribution in [3.8, 4) is 0 Å². The molecule has 2 N–H and O–H groups in total. The van der Waals surface area contributed by atoms with E-state index in [1.807, 2.05) is 4.90 Å². The first-order valence-corrected chi connectivity index (χ1v) is 5.47. The average molecular weight is 197 g/mol. The standard InChI is InChI=1S/C10H19N3O/c1-8(11)10(14)13-6-4-12(5-7-13)9-2-3-9/h8-9H,2-7,11H2,1H3. The highest BCUT2D eigenvalue weighted by molar-refractivity contribution is 5.81. The molecule has 1 aliphatic heterocycles. The second kappa shape index (κ2) is 3.87. The first-order valence-electron chi connectivity index (χ1n) is 5.47. The van der Waals surface area contributed by atoms with Crippen LogP contribution in [-0.4, -0.2) is 54.0 Å². The van der Waals surface area contributed by atoms with Crippen LogP contribution in [0.15, 0.2) is 0 Å². The highest BCUT2D eigenvalue weighted by Crippen LogP contribution is 2.27. The highest BCUT2D eigenvalue weighted by atomic mass is 16.2. The van der Waals surface area contributed by atoms with Gasteiger partial charge in [-0.1, -0.05) is 0 Å². The van der Waals surface area contributed by atoms with E-state index in [2.05, 4.69) is 4.90 Å². The number of hydrogen-bond acceptors (Lipinski definition) is 3. The molecule has 1 amide bonds. The molecule has 0 bridgehead atoms. The van der Waals surface area contributed by atoms with Crippen molar-refractivity contribution in [1.82, 2.24) is 9.80 Å². The summed E-state index contributed by atoms with van der Waals surface area (Å²) >= 11 is 0. The third kappa shape index (κ3) is 2.07. The Morgan fingerprint density at radius 3 is 2.29 bits per heavy atom. The Labute approximate surface area is 85.0 Å². The zero-order valence-electron chi connectivity index (χ0n) is 8.78. The molecular formula is C10H19N3O. The highest BCUT2D eigenvalue weighted by Gasteiger charge is 2.32. The van der Waals surface area contributed by atoms with Gasteiger partial charge in [0.1, 0.15) is 0 Å². The van der Waals surface area contributed by atoms with Crippen LogP contribution in [0.2, 0.25) is 0 Å². The lowest BCUT2D eigenvalue weighted by Gasteiger charge is -2.35. The first kappa shape index (κ1) is 9.93. The smallest absolute Gasteiger partial charge is 0.239 e. The molecule has 0 spiro atoms. The van der Waals surface area contributed by atoms with Crippen LogP contribution in [0.4, 0.5) is 0 Å². The summed E-state index contributed by atoms with van der Waals surface area (Å²) in [4.78, 5) is 16.0. The summed E-state index contributed by atoms with van der Waals surface area (Å²) < 4.78 is 0. The van der Waals surface area contributed by atoms with E-state index in [1.54, 1.807) is 6.92 Å². The van der Waals surface area contributed by atoms with E-state index in [1.165, 1.54) is 12.8 Å². The maximum atomic E-state index is 11.6. The van der Waals surface area contributed by atoms with Gasteiger partial charge in [-0.25, -0.2) is 0 Å². The topological polar surface area (TPSA) is 49.6 Å². The molecule has 0 aromatic carbocycles. The van der Waals surface area contributed by atoms with Gasteiger partial charge in [0.15, 0.2) is 0 Å². The number of nitrogens with two attached hydrogens (primary N) is 1. The van der Waals surface area contributed by atoms with Crippen molar-refractivity contribution in [3.63, 3.8) is 0 Å². The van der Waals surface area contributed by atoms with Crippen LogP contribution in [0.5, 0.6) is 0 Å². The zero-order valence-corrected chi connectivity index (χ0v) is 8.78. The number of carbonyl (C=O) groups excluding carboxylic acids is 1. The predicted octanol–water partition coefficient (Wildman–Crippen LogP) is -0.360. The molecule has 1 atom stereocenters. The molecule has 0 aromatic heterocycles. The summed E-state index contributed by atoms with van der Waals surface area (Å²) in [5.74, 6) is 0.0976. The predicted molar refractivity (Wildman–Crippen MR) is 54.8 cm³/mol.